The van der Waals surface area contributed by atoms with E-state index in [9.17, 15) is 0 Å². The fourth-order valence-corrected chi connectivity index (χ4v) is 2.54. The van der Waals surface area contributed by atoms with Crippen molar-refractivity contribution in [2.75, 3.05) is 13.6 Å². The van der Waals surface area contributed by atoms with Crippen molar-refractivity contribution >= 4 is 17.0 Å². The molecule has 2 atom stereocenters. The van der Waals surface area contributed by atoms with Crippen LogP contribution in [0, 0.1) is 5.92 Å². The summed E-state index contributed by atoms with van der Waals surface area (Å²) in [6.45, 7) is 4.13. The van der Waals surface area contributed by atoms with Gasteiger partial charge in [0.05, 0.1) is 17.4 Å². The second-order valence-electron chi connectivity index (χ2n) is 5.74. The predicted octanol–water partition coefficient (Wildman–Crippen LogP) is 2.00. The van der Waals surface area contributed by atoms with Crippen LogP contribution in [0.5, 0.6) is 0 Å². The van der Waals surface area contributed by atoms with E-state index in [0.29, 0.717) is 6.04 Å². The highest BCUT2D eigenvalue weighted by molar-refractivity contribution is 5.80. The summed E-state index contributed by atoms with van der Waals surface area (Å²) < 4.78 is 2.20. The summed E-state index contributed by atoms with van der Waals surface area (Å²) in [5, 5.41) is 6.81. The molecule has 0 radical (unpaired) electrons. The molecule has 0 amide bonds. The average Bonchev–Trinajstić information content (AvgIpc) is 3.05. The molecule has 0 bridgehead atoms. The van der Waals surface area contributed by atoms with Gasteiger partial charge in [0.2, 0.25) is 0 Å². The molecule has 2 aromatic rings. The summed E-state index contributed by atoms with van der Waals surface area (Å²) in [5.41, 5.74) is 2.26. The average molecular weight is 285 g/mol. The summed E-state index contributed by atoms with van der Waals surface area (Å²) in [6.07, 6.45) is 4.21. The van der Waals surface area contributed by atoms with Gasteiger partial charge in [-0.25, -0.2) is 4.98 Å². The summed E-state index contributed by atoms with van der Waals surface area (Å²) in [7, 11) is 1.83. The van der Waals surface area contributed by atoms with Crippen LogP contribution in [-0.2, 0) is 6.54 Å². The Morgan fingerprint density at radius 1 is 1.43 bits per heavy atom. The highest BCUT2D eigenvalue weighted by atomic mass is 15.2. The number of hydrogen-bond acceptors (Lipinski definition) is 2. The van der Waals surface area contributed by atoms with Gasteiger partial charge in [-0.1, -0.05) is 19.1 Å². The molecule has 0 aliphatic heterocycles. The van der Waals surface area contributed by atoms with E-state index in [0.717, 1.165) is 36.9 Å². The van der Waals surface area contributed by atoms with Crippen LogP contribution in [0.1, 0.15) is 19.8 Å². The molecule has 3 rings (SSSR count). The maximum atomic E-state index is 4.41. The lowest BCUT2D eigenvalue weighted by molar-refractivity contribution is 0.635. The van der Waals surface area contributed by atoms with Crippen molar-refractivity contribution in [2.45, 2.75) is 32.4 Å². The fraction of sp³-hybridized carbons (Fsp3) is 0.500. The number of hydrogen-bond donors (Lipinski definition) is 2. The third-order valence-corrected chi connectivity index (χ3v) is 4.05. The lowest BCUT2D eigenvalue weighted by Crippen LogP contribution is -2.39. The van der Waals surface area contributed by atoms with Crippen molar-refractivity contribution in [3.8, 4) is 0 Å². The molecule has 0 spiro atoms. The van der Waals surface area contributed by atoms with Crippen LogP contribution >= 0.6 is 0 Å². The number of nitrogens with zero attached hydrogens (tertiary/aromatic N) is 3. The third kappa shape index (κ3) is 3.35. The maximum absolute atomic E-state index is 4.41. The molecule has 5 heteroatoms. The van der Waals surface area contributed by atoms with Crippen LogP contribution < -0.4 is 10.6 Å². The van der Waals surface area contributed by atoms with Gasteiger partial charge in [-0.3, -0.25) is 4.99 Å². The van der Waals surface area contributed by atoms with Crippen molar-refractivity contribution in [3.63, 3.8) is 0 Å². The number of aromatic nitrogens is 2. The first kappa shape index (κ1) is 13.9. The van der Waals surface area contributed by atoms with E-state index >= 15 is 0 Å². The van der Waals surface area contributed by atoms with Gasteiger partial charge in [-0.2, -0.15) is 0 Å². The number of fused-ring (bicyclic) bond motifs is 1. The first-order valence-electron chi connectivity index (χ1n) is 7.65. The van der Waals surface area contributed by atoms with Crippen LogP contribution in [0.2, 0.25) is 0 Å². The number of imidazole rings is 1. The summed E-state index contributed by atoms with van der Waals surface area (Å²) in [4.78, 5) is 8.67. The van der Waals surface area contributed by atoms with E-state index in [2.05, 4.69) is 44.2 Å². The molecule has 112 valence electrons. The largest absolute Gasteiger partial charge is 0.356 e. The molecule has 2 N–H and O–H groups in total. The van der Waals surface area contributed by atoms with E-state index in [1.165, 1.54) is 11.9 Å². The topological polar surface area (TPSA) is 54.2 Å². The number of aryl methyl sites for hydroxylation is 1. The van der Waals surface area contributed by atoms with Gasteiger partial charge in [-0.15, -0.1) is 0 Å². The molecule has 1 aliphatic rings. The molecule has 1 heterocycles. The van der Waals surface area contributed by atoms with Gasteiger partial charge < -0.3 is 15.2 Å². The van der Waals surface area contributed by atoms with Crippen LogP contribution in [0.15, 0.2) is 35.6 Å². The maximum Gasteiger partial charge on any atom is 0.191 e. The van der Waals surface area contributed by atoms with Crippen LogP contribution in [0.4, 0.5) is 0 Å². The van der Waals surface area contributed by atoms with Crippen molar-refractivity contribution in [1.29, 1.82) is 0 Å². The number of benzene rings is 1. The number of aliphatic imine (C=N–C) groups is 1. The number of guanidine groups is 1. The Morgan fingerprint density at radius 3 is 3.00 bits per heavy atom. The Hall–Kier alpha value is -2.04. The lowest BCUT2D eigenvalue weighted by atomic mass is 10.3. The first-order chi connectivity index (χ1) is 10.3. The number of rotatable bonds is 5. The molecule has 0 saturated heterocycles. The smallest absolute Gasteiger partial charge is 0.191 e. The van der Waals surface area contributed by atoms with Crippen molar-refractivity contribution in [3.05, 3.63) is 30.6 Å². The molecule has 21 heavy (non-hydrogen) atoms. The van der Waals surface area contributed by atoms with E-state index < -0.39 is 0 Å². The number of para-hydroxylation sites is 2. The van der Waals surface area contributed by atoms with Gasteiger partial charge in [0, 0.05) is 26.2 Å². The minimum absolute atomic E-state index is 0.605. The van der Waals surface area contributed by atoms with E-state index in [-0.39, 0.29) is 0 Å². The summed E-state index contributed by atoms with van der Waals surface area (Å²) in [5.74, 6) is 1.70. The quantitative estimate of drug-likeness (QED) is 0.502. The molecule has 1 aromatic carbocycles. The van der Waals surface area contributed by atoms with Gasteiger partial charge in [0.15, 0.2) is 5.96 Å². The minimum Gasteiger partial charge on any atom is -0.356 e. The van der Waals surface area contributed by atoms with Gasteiger partial charge in [0.1, 0.15) is 0 Å². The molecule has 1 aliphatic carbocycles. The molecule has 1 fully saturated rings. The lowest BCUT2D eigenvalue weighted by Gasteiger charge is -2.11. The highest BCUT2D eigenvalue weighted by Gasteiger charge is 2.33. The van der Waals surface area contributed by atoms with Gasteiger partial charge in [0.25, 0.3) is 0 Å². The molecule has 1 aromatic heterocycles. The summed E-state index contributed by atoms with van der Waals surface area (Å²) in [6, 6.07) is 8.85. The number of nitrogens with one attached hydrogen (secondary N) is 2. The zero-order valence-corrected chi connectivity index (χ0v) is 12.7. The van der Waals surface area contributed by atoms with Crippen LogP contribution in [0.3, 0.4) is 0 Å². The molecular formula is C16H23N5. The molecule has 1 saturated carbocycles. The Kier molecular flexibility index (Phi) is 4.08. The monoisotopic (exact) mass is 285 g/mol. The van der Waals surface area contributed by atoms with Gasteiger partial charge in [-0.05, 0) is 30.9 Å². The molecular weight excluding hydrogens is 262 g/mol. The zero-order chi connectivity index (χ0) is 14.7. The van der Waals surface area contributed by atoms with Crippen molar-refractivity contribution in [2.24, 2.45) is 10.9 Å². The third-order valence-electron chi connectivity index (χ3n) is 4.05. The Morgan fingerprint density at radius 2 is 2.24 bits per heavy atom. The second-order valence-corrected chi connectivity index (χ2v) is 5.74. The predicted molar refractivity (Wildman–Crippen MR) is 86.4 cm³/mol. The Labute approximate surface area is 125 Å². The Balaban J connectivity index is 1.45. The zero-order valence-electron chi connectivity index (χ0n) is 12.7. The molecule has 5 nitrogen and oxygen atoms in total. The van der Waals surface area contributed by atoms with Crippen LogP contribution in [-0.4, -0.2) is 35.1 Å². The van der Waals surface area contributed by atoms with Crippen molar-refractivity contribution in [1.82, 2.24) is 20.2 Å². The normalized spacial score (nSPS) is 21.5. The standard InChI is InChI=1S/C16H23N5/c1-12-10-14(12)20-16(17-2)18-8-5-9-21-11-19-13-6-3-4-7-15(13)21/h3-4,6-7,11-12,14H,5,8-10H2,1-2H3,(H2,17,18,20). The Bertz CT molecular complexity index is 630. The van der Waals surface area contributed by atoms with Crippen LogP contribution in [0.25, 0.3) is 11.0 Å². The first-order valence-corrected chi connectivity index (χ1v) is 7.65. The van der Waals surface area contributed by atoms with Gasteiger partial charge >= 0.3 is 0 Å². The van der Waals surface area contributed by atoms with Crippen molar-refractivity contribution < 1.29 is 0 Å². The minimum atomic E-state index is 0.605. The molecule has 2 unspecified atom stereocenters. The highest BCUT2D eigenvalue weighted by Crippen LogP contribution is 2.28. The second kappa shape index (κ2) is 6.16. The SMILES string of the molecule is CN=C(NCCCn1cnc2ccccc21)NC1CC1C. The van der Waals surface area contributed by atoms with E-state index in [1.807, 2.05) is 25.5 Å². The fourth-order valence-electron chi connectivity index (χ4n) is 2.54. The summed E-state index contributed by atoms with van der Waals surface area (Å²) >= 11 is 0. The van der Waals surface area contributed by atoms with E-state index in [4.69, 9.17) is 0 Å². The van der Waals surface area contributed by atoms with E-state index in [1.54, 1.807) is 0 Å².